The van der Waals surface area contributed by atoms with Gasteiger partial charge in [0.2, 0.25) is 15.9 Å². The number of hydrogen-bond donors (Lipinski definition) is 2. The van der Waals surface area contributed by atoms with Gasteiger partial charge in [-0.25, -0.2) is 13.2 Å². The molecule has 4 amide bonds. The van der Waals surface area contributed by atoms with Crippen LogP contribution in [0.3, 0.4) is 0 Å². The number of piperidine rings is 1. The third kappa shape index (κ3) is 4.56. The summed E-state index contributed by atoms with van der Waals surface area (Å²) in [5.41, 5.74) is -0.720. The zero-order valence-corrected chi connectivity index (χ0v) is 19.7. The number of ether oxygens (including phenoxy) is 1. The third-order valence-electron chi connectivity index (χ3n) is 6.46. The Morgan fingerprint density at radius 3 is 2.55 bits per heavy atom. The molecular weight excluding hydrogens is 448 g/mol. The van der Waals surface area contributed by atoms with Gasteiger partial charge in [-0.1, -0.05) is 6.42 Å². The fourth-order valence-corrected chi connectivity index (χ4v) is 6.12. The molecule has 11 heteroatoms. The van der Waals surface area contributed by atoms with Crippen LogP contribution in [0.5, 0.6) is 5.75 Å². The summed E-state index contributed by atoms with van der Waals surface area (Å²) in [5, 5.41) is 5.32. The van der Waals surface area contributed by atoms with Crippen molar-refractivity contribution in [3.8, 4) is 5.75 Å². The van der Waals surface area contributed by atoms with Crippen LogP contribution in [-0.4, -0.2) is 67.2 Å². The van der Waals surface area contributed by atoms with Gasteiger partial charge >= 0.3 is 6.03 Å². The number of anilines is 1. The number of carbonyl (C=O) groups is 3. The fourth-order valence-electron chi connectivity index (χ4n) is 4.45. The maximum Gasteiger partial charge on any atom is 0.325 e. The Hall–Kier alpha value is -2.66. The second kappa shape index (κ2) is 8.94. The van der Waals surface area contributed by atoms with Gasteiger partial charge in [0.1, 0.15) is 22.7 Å². The molecule has 1 aliphatic carbocycles. The number of nitrogens with one attached hydrogen (secondary N) is 2. The van der Waals surface area contributed by atoms with Gasteiger partial charge in [0.15, 0.2) is 0 Å². The van der Waals surface area contributed by atoms with E-state index in [1.54, 1.807) is 13.8 Å². The van der Waals surface area contributed by atoms with E-state index in [0.29, 0.717) is 19.7 Å². The molecule has 1 aromatic rings. The van der Waals surface area contributed by atoms with Gasteiger partial charge in [-0.15, -0.1) is 0 Å². The number of sulfonamides is 1. The Morgan fingerprint density at radius 2 is 1.91 bits per heavy atom. The van der Waals surface area contributed by atoms with Crippen LogP contribution in [0.4, 0.5) is 10.5 Å². The summed E-state index contributed by atoms with van der Waals surface area (Å²) in [5.74, 6) is -0.694. The monoisotopic (exact) mass is 478 g/mol. The summed E-state index contributed by atoms with van der Waals surface area (Å²) in [4.78, 5) is 38.6. The van der Waals surface area contributed by atoms with E-state index >= 15 is 0 Å². The Bertz CT molecular complexity index is 1060. The van der Waals surface area contributed by atoms with Crippen LogP contribution < -0.4 is 15.4 Å². The maximum absolute atomic E-state index is 13.3. The Balaban J connectivity index is 1.51. The molecule has 10 nitrogen and oxygen atoms in total. The largest absolute Gasteiger partial charge is 0.492 e. The van der Waals surface area contributed by atoms with Gasteiger partial charge in [-0.2, -0.15) is 4.31 Å². The Kier molecular flexibility index (Phi) is 6.37. The van der Waals surface area contributed by atoms with E-state index in [0.717, 1.165) is 37.0 Å². The average Bonchev–Trinajstić information content (AvgIpc) is 3.61. The fraction of sp³-hybridized carbons (Fsp3) is 0.591. The summed E-state index contributed by atoms with van der Waals surface area (Å²) >= 11 is 0. The van der Waals surface area contributed by atoms with E-state index in [1.165, 1.54) is 22.5 Å². The summed E-state index contributed by atoms with van der Waals surface area (Å²) in [6.07, 6.45) is 4.31. The van der Waals surface area contributed by atoms with E-state index < -0.39 is 40.0 Å². The lowest BCUT2D eigenvalue weighted by Crippen LogP contribution is -2.46. The molecule has 0 spiro atoms. The van der Waals surface area contributed by atoms with Crippen molar-refractivity contribution in [2.75, 3.05) is 31.6 Å². The summed E-state index contributed by atoms with van der Waals surface area (Å²) in [6, 6.07) is 3.82. The van der Waals surface area contributed by atoms with E-state index in [9.17, 15) is 22.8 Å². The highest BCUT2D eigenvalue weighted by Crippen LogP contribution is 2.42. The van der Waals surface area contributed by atoms with Crippen molar-refractivity contribution >= 4 is 33.6 Å². The number of carbonyl (C=O) groups excluding carboxylic acids is 3. The standard InChI is InChI=1S/C22H30N4O6S/c1-3-32-17-10-9-16(13-18(17)33(30,31)25-11-5-4-6-12-25)23-19(27)14-26-20(28)22(2,15-7-8-15)24-21(26)29/h9-10,13,15H,3-8,11-12,14H2,1-2H3,(H,23,27)(H,24,29). The van der Waals surface area contributed by atoms with Crippen molar-refractivity contribution in [2.24, 2.45) is 5.92 Å². The molecule has 2 saturated heterocycles. The molecule has 0 aromatic heterocycles. The number of rotatable bonds is 8. The summed E-state index contributed by atoms with van der Waals surface area (Å²) in [7, 11) is -3.80. The molecule has 180 valence electrons. The van der Waals surface area contributed by atoms with Crippen molar-refractivity contribution < 1.29 is 27.5 Å². The van der Waals surface area contributed by atoms with Crippen LogP contribution in [0.25, 0.3) is 0 Å². The lowest BCUT2D eigenvalue weighted by molar-refractivity contribution is -0.134. The van der Waals surface area contributed by atoms with Crippen LogP contribution in [0, 0.1) is 5.92 Å². The highest BCUT2D eigenvalue weighted by Gasteiger charge is 2.56. The highest BCUT2D eigenvalue weighted by atomic mass is 32.2. The van der Waals surface area contributed by atoms with Crippen molar-refractivity contribution in [3.05, 3.63) is 18.2 Å². The molecule has 2 N–H and O–H groups in total. The molecule has 0 bridgehead atoms. The van der Waals surface area contributed by atoms with Gasteiger partial charge in [0.25, 0.3) is 5.91 Å². The second-order valence-electron chi connectivity index (χ2n) is 8.91. The van der Waals surface area contributed by atoms with Gasteiger partial charge in [0, 0.05) is 18.8 Å². The average molecular weight is 479 g/mol. The van der Waals surface area contributed by atoms with Crippen LogP contribution in [0.1, 0.15) is 46.0 Å². The molecule has 1 unspecified atom stereocenters. The van der Waals surface area contributed by atoms with Crippen LogP contribution in [0.15, 0.2) is 23.1 Å². The number of amides is 4. The minimum atomic E-state index is -3.80. The minimum Gasteiger partial charge on any atom is -0.492 e. The van der Waals surface area contributed by atoms with Crippen LogP contribution in [-0.2, 0) is 19.6 Å². The molecule has 3 fully saturated rings. The molecule has 1 aromatic carbocycles. The zero-order chi connectivity index (χ0) is 23.8. The molecular formula is C22H30N4O6S. The molecule has 1 saturated carbocycles. The smallest absolute Gasteiger partial charge is 0.325 e. The lowest BCUT2D eigenvalue weighted by Gasteiger charge is -2.27. The predicted molar refractivity (Wildman–Crippen MR) is 120 cm³/mol. The van der Waals surface area contributed by atoms with Crippen molar-refractivity contribution in [2.45, 2.75) is 56.4 Å². The summed E-state index contributed by atoms with van der Waals surface area (Å²) in [6.45, 7) is 4.18. The van der Waals surface area contributed by atoms with Crippen molar-refractivity contribution in [1.29, 1.82) is 0 Å². The van der Waals surface area contributed by atoms with Gasteiger partial charge in [-0.3, -0.25) is 14.5 Å². The number of hydrogen-bond acceptors (Lipinski definition) is 6. The van der Waals surface area contributed by atoms with Crippen LogP contribution >= 0.6 is 0 Å². The van der Waals surface area contributed by atoms with Crippen molar-refractivity contribution in [1.82, 2.24) is 14.5 Å². The predicted octanol–water partition coefficient (Wildman–Crippen LogP) is 1.92. The minimum absolute atomic E-state index is 0.0136. The van der Waals surface area contributed by atoms with E-state index in [1.807, 2.05) is 0 Å². The first-order valence-electron chi connectivity index (χ1n) is 11.4. The number of urea groups is 1. The Morgan fingerprint density at radius 1 is 1.21 bits per heavy atom. The first-order valence-corrected chi connectivity index (χ1v) is 12.8. The quantitative estimate of drug-likeness (QED) is 0.550. The molecule has 2 heterocycles. The third-order valence-corrected chi connectivity index (χ3v) is 8.38. The molecule has 3 aliphatic rings. The Labute approximate surface area is 193 Å². The SMILES string of the molecule is CCOc1ccc(NC(=O)CN2C(=O)NC(C)(C3CC3)C2=O)cc1S(=O)(=O)N1CCCCC1. The first kappa shape index (κ1) is 23.5. The summed E-state index contributed by atoms with van der Waals surface area (Å²) < 4.78 is 33.5. The van der Waals surface area contributed by atoms with E-state index in [2.05, 4.69) is 10.6 Å². The number of benzene rings is 1. The molecule has 0 radical (unpaired) electrons. The molecule has 1 atom stereocenters. The maximum atomic E-state index is 13.3. The van der Waals surface area contributed by atoms with Gasteiger partial charge in [-0.05, 0) is 63.6 Å². The topological polar surface area (TPSA) is 125 Å². The van der Waals surface area contributed by atoms with Crippen LogP contribution in [0.2, 0.25) is 0 Å². The molecule has 33 heavy (non-hydrogen) atoms. The van der Waals surface area contributed by atoms with Gasteiger partial charge < -0.3 is 15.4 Å². The lowest BCUT2D eigenvalue weighted by atomic mass is 9.96. The number of imide groups is 1. The molecule has 2 aliphatic heterocycles. The van der Waals surface area contributed by atoms with E-state index in [-0.39, 0.29) is 22.3 Å². The van der Waals surface area contributed by atoms with E-state index in [4.69, 9.17) is 4.74 Å². The highest BCUT2D eigenvalue weighted by molar-refractivity contribution is 7.89. The van der Waals surface area contributed by atoms with Crippen molar-refractivity contribution in [3.63, 3.8) is 0 Å². The second-order valence-corrected chi connectivity index (χ2v) is 10.8. The molecule has 4 rings (SSSR count). The zero-order valence-electron chi connectivity index (χ0n) is 18.9. The normalized spacial score (nSPS) is 24.0. The number of nitrogens with zero attached hydrogens (tertiary/aromatic N) is 2. The van der Waals surface area contributed by atoms with Gasteiger partial charge in [0.05, 0.1) is 6.61 Å². The first-order chi connectivity index (χ1) is 15.7.